The molecule has 0 spiro atoms. The number of fused-ring (bicyclic) bond motifs is 10. The summed E-state index contributed by atoms with van der Waals surface area (Å²) in [6.45, 7) is 58.7. The van der Waals surface area contributed by atoms with Crippen LogP contribution in [-0.4, -0.2) is 212 Å². The lowest BCUT2D eigenvalue weighted by Crippen LogP contribution is -2.59. The zero-order valence-corrected chi connectivity index (χ0v) is 83.9. The molecule has 31 atom stereocenters. The molecule has 21 rings (SSSR count). The summed E-state index contributed by atoms with van der Waals surface area (Å²) in [4.78, 5) is 213. The van der Waals surface area contributed by atoms with Crippen LogP contribution in [-0.2, 0) is 172 Å². The van der Waals surface area contributed by atoms with Gasteiger partial charge in [-0.2, -0.15) is 0 Å². The minimum Gasteiger partial charge on any atom is -0.458 e. The van der Waals surface area contributed by atoms with Crippen molar-refractivity contribution in [3.05, 3.63) is 85.6 Å². The van der Waals surface area contributed by atoms with E-state index in [4.69, 9.17) is 85.3 Å². The van der Waals surface area contributed by atoms with Crippen molar-refractivity contribution in [3.8, 4) is 0 Å². The average molecular weight is 1960 g/mol. The Labute approximate surface area is 813 Å². The summed E-state index contributed by atoms with van der Waals surface area (Å²) in [7, 11) is 0. The topological polar surface area (TPSA) is 473 Å². The van der Waals surface area contributed by atoms with E-state index in [1.807, 2.05) is 48.5 Å². The maximum Gasteiger partial charge on any atom is 0.350 e. The summed E-state index contributed by atoms with van der Waals surface area (Å²) in [5, 5.41) is 0. The van der Waals surface area contributed by atoms with Crippen LogP contribution in [0.15, 0.2) is 85.6 Å². The Kier molecular flexibility index (Phi) is 28.4. The van der Waals surface area contributed by atoms with E-state index >= 15 is 0 Å². The third kappa shape index (κ3) is 19.4. The summed E-state index contributed by atoms with van der Waals surface area (Å²) in [6.07, 6.45) is 10.1. The second-order valence-electron chi connectivity index (χ2n) is 45.3. The Bertz CT molecular complexity index is 5250. The molecular weight excluding hydrogens is 1830 g/mol. The Hall–Kier alpha value is -11.4. The molecule has 0 amide bonds. The first-order chi connectivity index (χ1) is 64.6. The van der Waals surface area contributed by atoms with Crippen LogP contribution in [0, 0.1) is 100 Å². The van der Waals surface area contributed by atoms with E-state index in [0.29, 0.717) is 62.0 Å². The van der Waals surface area contributed by atoms with Crippen molar-refractivity contribution in [2.75, 3.05) is 0 Å². The van der Waals surface area contributed by atoms with E-state index in [9.17, 15) is 86.3 Å². The molecule has 140 heavy (non-hydrogen) atoms. The van der Waals surface area contributed by atoms with Crippen LogP contribution in [0.4, 0.5) is 0 Å². The fourth-order valence-corrected chi connectivity index (χ4v) is 24.5. The van der Waals surface area contributed by atoms with Crippen molar-refractivity contribution in [1.82, 2.24) is 0 Å². The molecule has 0 aromatic carbocycles. The molecule has 36 nitrogen and oxygen atoms in total. The van der Waals surface area contributed by atoms with E-state index in [0.717, 1.165) is 63.9 Å². The van der Waals surface area contributed by atoms with Crippen LogP contribution >= 0.6 is 0 Å². The standard InChI is InChI=1S/3C17H22O6.C16H20O6.C13H16O4.2C12H16O4/c1-8(2)13(18)23-16(3,4)15(20)22-12-11-9-6-17(12,5)7-10(9)14(19)21-11;1-8(2)13(18)22-16(3,4)15(20)23-17(5)9-6-10-11(7-9)14(19)21-12(10)17;1-8(2)13(18)22-16(3,4)15(20)21-12-9-6-10-11(7-9)17(12,5)23-14(10)19;1-7(2)13(17)22-16(3,4)15(19)21-11-8-5-9-10(6-8)14(18)20-12(9)11;1-6(2)11(14)16-10-8-4-7-5-9(8)12(15)17-13(7,10)3;1-7(2)10(13)15-9-6-8-4-5-12(9,3)16-11(8)14;1-4-9(13)15-11(2)6-5-8-7-12(11,3)16-10(8)14/h3*9-12H,1,6-7H2,2-5H3;8-12H,1,5-6H2,2-4H3;7-10H,1,4-5H2,2-3H3;8-9H,1,4-6H2,2-3H3;4,8H,1,5-7H2,2-3H3. The van der Waals surface area contributed by atoms with Crippen LogP contribution in [0.1, 0.15) is 248 Å². The first kappa shape index (κ1) is 106. The normalized spacial score (nSPS) is 38.5. The number of carbonyl (C=O) groups is 18. The van der Waals surface area contributed by atoms with E-state index in [2.05, 4.69) is 46.1 Å². The van der Waals surface area contributed by atoms with Crippen molar-refractivity contribution >= 4 is 107 Å². The number of carbonyl (C=O) groups excluding carboxylic acids is 18. The highest BCUT2D eigenvalue weighted by molar-refractivity contribution is 5.95. The molecule has 21 fully saturated rings. The van der Waals surface area contributed by atoms with Crippen LogP contribution in [0.5, 0.6) is 0 Å². The molecule has 0 aromatic heterocycles. The molecule has 12 saturated carbocycles. The van der Waals surface area contributed by atoms with Crippen LogP contribution in [0.2, 0.25) is 0 Å². The predicted octanol–water partition coefficient (Wildman–Crippen LogP) is 11.3. The summed E-state index contributed by atoms with van der Waals surface area (Å²) >= 11 is 0. The number of hydrogen-bond acceptors (Lipinski definition) is 36. The summed E-state index contributed by atoms with van der Waals surface area (Å²) in [5.74, 6) is -6.51. The quantitative estimate of drug-likeness (QED) is 0.0552. The molecule has 0 radical (unpaired) electrons. The van der Waals surface area contributed by atoms with Crippen molar-refractivity contribution in [1.29, 1.82) is 0 Å². The first-order valence-electron chi connectivity index (χ1n) is 48.2. The molecule has 0 aromatic rings. The fraction of sp³-hybridized carbons (Fsp3) is 0.692. The molecule has 16 bridgehead atoms. The SMILES string of the molecule is C=C(C)C(=O)OC(C)(C)C(=O)OC1(C)C2CC3C(=O)OC1C3C2.C=C(C)C(=O)OC(C)(C)C(=O)OC1C2CC3C(=O)OC1(C)C3C2.C=C(C)C(=O)OC(C)(C)C(=O)OC1C2CC3C(=O)OC1C3C2.C=C(C)C(=O)OC(C)(C)C(=O)OC1C2OC(=O)C3CC1(C)CC32.C=C(C)C(=O)OC1C2CC3CC2C(=O)OC31C.C=C(C)C(=O)OC1CC2CCC1(C)OC2=O.C=CC(=O)OC1(C)CCC2CC1(C)OC2=O. The molecule has 9 heterocycles. The number of hydrogen-bond donors (Lipinski definition) is 0. The van der Waals surface area contributed by atoms with E-state index in [1.54, 1.807) is 13.8 Å². The van der Waals surface area contributed by atoms with Gasteiger partial charge in [-0.1, -0.05) is 53.0 Å². The Morgan fingerprint density at radius 3 is 1.36 bits per heavy atom. The van der Waals surface area contributed by atoms with Gasteiger partial charge in [-0.3, -0.25) is 33.6 Å². The van der Waals surface area contributed by atoms with Gasteiger partial charge < -0.3 is 85.3 Å². The third-order valence-corrected chi connectivity index (χ3v) is 32.8. The lowest BCUT2D eigenvalue weighted by molar-refractivity contribution is -0.220. The van der Waals surface area contributed by atoms with Crippen LogP contribution in [0.25, 0.3) is 0 Å². The summed E-state index contributed by atoms with van der Waals surface area (Å²) in [5.41, 5.74) is -8.59. The zero-order valence-electron chi connectivity index (χ0n) is 83.9. The second kappa shape index (κ2) is 37.5. The van der Waals surface area contributed by atoms with E-state index in [-0.39, 0.29) is 189 Å². The molecule has 766 valence electrons. The average Bonchev–Trinajstić information content (AvgIpc) is 1.54. The Balaban J connectivity index is 0.000000138. The highest BCUT2D eigenvalue weighted by Crippen LogP contribution is 2.66. The molecule has 36 heteroatoms. The monoisotopic (exact) mass is 1960 g/mol. The smallest absolute Gasteiger partial charge is 0.350 e. The van der Waals surface area contributed by atoms with Crippen LogP contribution in [0.3, 0.4) is 0 Å². The maximum atomic E-state index is 12.5. The number of esters is 18. The largest absolute Gasteiger partial charge is 0.458 e. The fourth-order valence-electron chi connectivity index (χ4n) is 24.5. The van der Waals surface area contributed by atoms with Crippen molar-refractivity contribution < 1.29 is 172 Å². The number of ether oxygens (including phenoxy) is 18. The zero-order chi connectivity index (χ0) is 104. The van der Waals surface area contributed by atoms with Gasteiger partial charge >= 0.3 is 107 Å². The van der Waals surface area contributed by atoms with Gasteiger partial charge in [0.2, 0.25) is 22.4 Å². The third-order valence-electron chi connectivity index (χ3n) is 32.8. The highest BCUT2D eigenvalue weighted by Gasteiger charge is 2.75. The lowest BCUT2D eigenvalue weighted by Gasteiger charge is -2.47. The molecule has 21 aliphatic rings. The van der Waals surface area contributed by atoms with Gasteiger partial charge in [0.25, 0.3) is 0 Å². The summed E-state index contributed by atoms with van der Waals surface area (Å²) < 4.78 is 97.3. The van der Waals surface area contributed by atoms with Crippen molar-refractivity contribution in [2.45, 2.75) is 353 Å². The lowest BCUT2D eigenvalue weighted by atomic mass is 9.71. The predicted molar refractivity (Wildman–Crippen MR) is 484 cm³/mol. The second-order valence-corrected chi connectivity index (χ2v) is 45.3. The Morgan fingerprint density at radius 2 is 0.829 bits per heavy atom. The molecule has 9 saturated heterocycles. The van der Waals surface area contributed by atoms with Gasteiger partial charge in [0, 0.05) is 111 Å². The molecule has 0 N–H and O–H groups in total. The molecular formula is C104H134O36. The van der Waals surface area contributed by atoms with Gasteiger partial charge in [0.05, 0.1) is 41.4 Å². The van der Waals surface area contributed by atoms with Crippen molar-refractivity contribution in [2.24, 2.45) is 100 Å². The minimum atomic E-state index is -1.43. The first-order valence-corrected chi connectivity index (χ1v) is 48.2. The van der Waals surface area contributed by atoms with Gasteiger partial charge in [-0.15, -0.1) is 0 Å². The highest BCUT2D eigenvalue weighted by atomic mass is 16.7. The van der Waals surface area contributed by atoms with Gasteiger partial charge in [0.15, 0.2) is 0 Å². The molecule has 12 aliphatic carbocycles. The maximum absolute atomic E-state index is 12.5. The van der Waals surface area contributed by atoms with Gasteiger partial charge in [0.1, 0.15) is 82.4 Å². The van der Waals surface area contributed by atoms with Crippen molar-refractivity contribution in [3.63, 3.8) is 0 Å². The molecule has 9 aliphatic heterocycles. The van der Waals surface area contributed by atoms with Gasteiger partial charge in [-0.05, 0) is 228 Å². The van der Waals surface area contributed by atoms with E-state index in [1.165, 1.54) is 83.1 Å². The van der Waals surface area contributed by atoms with E-state index < -0.39 is 140 Å². The van der Waals surface area contributed by atoms with Gasteiger partial charge in [-0.25, -0.2) is 52.7 Å². The minimum absolute atomic E-state index is 0.0273. The molecule has 31 unspecified atom stereocenters. The summed E-state index contributed by atoms with van der Waals surface area (Å²) in [6, 6.07) is 0. The number of rotatable bonds is 22. The van der Waals surface area contributed by atoms with Crippen LogP contribution < -0.4 is 0 Å². The Morgan fingerprint density at radius 1 is 0.371 bits per heavy atom.